The Bertz CT molecular complexity index is 1360. The van der Waals surface area contributed by atoms with Crippen LogP contribution < -0.4 is 5.73 Å². The van der Waals surface area contributed by atoms with Gasteiger partial charge in [0.1, 0.15) is 5.82 Å². The molecule has 0 aromatic carbocycles. The van der Waals surface area contributed by atoms with Crippen molar-refractivity contribution in [3.8, 4) is 0 Å². The molecule has 1 unspecified atom stereocenters. The van der Waals surface area contributed by atoms with Gasteiger partial charge in [-0.25, -0.2) is 4.98 Å². The van der Waals surface area contributed by atoms with Crippen LogP contribution in [0.15, 0.2) is 35.2 Å². The topological polar surface area (TPSA) is 111 Å². The quantitative estimate of drug-likeness (QED) is 0.399. The lowest BCUT2D eigenvalue weighted by Crippen LogP contribution is -2.23. The molecule has 0 radical (unpaired) electrons. The van der Waals surface area contributed by atoms with Crippen LogP contribution in [0.5, 0.6) is 0 Å². The molecule has 2 aliphatic carbocycles. The van der Waals surface area contributed by atoms with E-state index in [1.807, 2.05) is 6.20 Å². The number of nitrogens with two attached hydrogens (primary N) is 1. The fourth-order valence-corrected chi connectivity index (χ4v) is 6.33. The van der Waals surface area contributed by atoms with E-state index < -0.39 is 5.97 Å². The third-order valence-electron chi connectivity index (χ3n) is 7.72. The molecule has 36 heavy (non-hydrogen) atoms. The Morgan fingerprint density at radius 1 is 1.14 bits per heavy atom. The number of carboxylic acids is 1. The molecule has 0 bridgehead atoms. The van der Waals surface area contributed by atoms with Gasteiger partial charge in [-0.15, -0.1) is 0 Å². The second kappa shape index (κ2) is 10.0. The molecule has 1 fully saturated rings. The minimum atomic E-state index is -0.749. The maximum atomic E-state index is 12.6. The molecule has 0 aliphatic heterocycles. The van der Waals surface area contributed by atoms with Gasteiger partial charge in [-0.1, -0.05) is 19.1 Å². The first-order chi connectivity index (χ1) is 17.3. The largest absolute Gasteiger partial charge is 0.481 e. The highest BCUT2D eigenvalue weighted by molar-refractivity contribution is 7.08. The number of aliphatic carboxylic acids is 1. The Balaban J connectivity index is 1.59. The molecule has 3 N–H and O–H groups in total. The van der Waals surface area contributed by atoms with Crippen LogP contribution >= 0.6 is 11.3 Å². The number of hydrogen-bond donors (Lipinski definition) is 2. The SMILES string of the molecule is CC(=O)c1c(C2CCC(C(=O)O)CC2)nc2c(C3=CC=C(c4ccsc4)CC(C)CC3)cnn2c1N. The summed E-state index contributed by atoms with van der Waals surface area (Å²) in [4.78, 5) is 29.1. The van der Waals surface area contributed by atoms with Crippen molar-refractivity contribution in [3.63, 3.8) is 0 Å². The van der Waals surface area contributed by atoms with Crippen molar-refractivity contribution in [1.82, 2.24) is 14.6 Å². The molecule has 0 amide bonds. The summed E-state index contributed by atoms with van der Waals surface area (Å²) in [5.41, 5.74) is 13.0. The molecule has 0 spiro atoms. The molecule has 8 heteroatoms. The molecule has 1 saturated carbocycles. The van der Waals surface area contributed by atoms with Crippen LogP contribution in [-0.2, 0) is 4.79 Å². The summed E-state index contributed by atoms with van der Waals surface area (Å²) in [6.45, 7) is 3.80. The van der Waals surface area contributed by atoms with Gasteiger partial charge in [0, 0.05) is 11.5 Å². The molecule has 7 nitrogen and oxygen atoms in total. The molecule has 188 valence electrons. The Kier molecular flexibility index (Phi) is 6.79. The molecular formula is C28H32N4O3S. The molecule has 0 saturated heterocycles. The number of carboxylic acid groups (broad SMARTS) is 1. The number of thiophene rings is 1. The first kappa shape index (κ1) is 24.4. The Morgan fingerprint density at radius 2 is 1.89 bits per heavy atom. The predicted molar refractivity (Wildman–Crippen MR) is 143 cm³/mol. The van der Waals surface area contributed by atoms with E-state index in [0.29, 0.717) is 54.3 Å². The van der Waals surface area contributed by atoms with Gasteiger partial charge in [0.15, 0.2) is 11.4 Å². The van der Waals surface area contributed by atoms with Crippen LogP contribution in [0.3, 0.4) is 0 Å². The third kappa shape index (κ3) is 4.62. The van der Waals surface area contributed by atoms with Crippen LogP contribution in [0, 0.1) is 11.8 Å². The number of carbonyl (C=O) groups is 2. The molecule has 3 aromatic heterocycles. The van der Waals surface area contributed by atoms with Gasteiger partial charge in [0.25, 0.3) is 0 Å². The number of rotatable bonds is 5. The number of carbonyl (C=O) groups excluding carboxylic acids is 1. The van der Waals surface area contributed by atoms with E-state index in [2.05, 4.69) is 41.0 Å². The van der Waals surface area contributed by atoms with Gasteiger partial charge in [-0.2, -0.15) is 21.0 Å². The zero-order chi connectivity index (χ0) is 25.4. The normalized spacial score (nSPS) is 23.0. The van der Waals surface area contributed by atoms with Gasteiger partial charge in [-0.3, -0.25) is 9.59 Å². The highest BCUT2D eigenvalue weighted by atomic mass is 32.1. The highest BCUT2D eigenvalue weighted by Gasteiger charge is 2.31. The first-order valence-corrected chi connectivity index (χ1v) is 13.6. The number of aromatic nitrogens is 3. The first-order valence-electron chi connectivity index (χ1n) is 12.7. The number of allylic oxidation sites excluding steroid dienone is 4. The number of nitrogens with zero attached hydrogens (tertiary/aromatic N) is 3. The van der Waals surface area contributed by atoms with Gasteiger partial charge in [-0.05, 0) is 91.3 Å². The van der Waals surface area contributed by atoms with E-state index in [4.69, 9.17) is 10.7 Å². The Morgan fingerprint density at radius 3 is 2.56 bits per heavy atom. The molecule has 2 aliphatic rings. The maximum Gasteiger partial charge on any atom is 0.306 e. The average molecular weight is 505 g/mol. The molecule has 3 aromatic rings. The lowest BCUT2D eigenvalue weighted by Gasteiger charge is -2.27. The average Bonchev–Trinajstić information content (AvgIpc) is 3.52. The van der Waals surface area contributed by atoms with Crippen LogP contribution in [0.1, 0.15) is 91.9 Å². The second-order valence-electron chi connectivity index (χ2n) is 10.2. The summed E-state index contributed by atoms with van der Waals surface area (Å²) >= 11 is 1.71. The number of nitrogen functional groups attached to an aromatic ring is 1. The second-order valence-corrected chi connectivity index (χ2v) is 11.0. The highest BCUT2D eigenvalue weighted by Crippen LogP contribution is 2.39. The van der Waals surface area contributed by atoms with Crippen molar-refractivity contribution in [1.29, 1.82) is 0 Å². The zero-order valence-corrected chi connectivity index (χ0v) is 21.6. The fourth-order valence-electron chi connectivity index (χ4n) is 5.65. The summed E-state index contributed by atoms with van der Waals surface area (Å²) in [7, 11) is 0. The van der Waals surface area contributed by atoms with E-state index in [-0.39, 0.29) is 17.6 Å². The monoisotopic (exact) mass is 504 g/mol. The van der Waals surface area contributed by atoms with Gasteiger partial charge in [0.05, 0.1) is 23.4 Å². The molecule has 3 heterocycles. The Labute approximate surface area is 214 Å². The summed E-state index contributed by atoms with van der Waals surface area (Å²) < 4.78 is 1.59. The van der Waals surface area contributed by atoms with Gasteiger partial charge < -0.3 is 10.8 Å². The zero-order valence-electron chi connectivity index (χ0n) is 20.7. The van der Waals surface area contributed by atoms with E-state index in [1.54, 1.807) is 15.9 Å². The predicted octanol–water partition coefficient (Wildman–Crippen LogP) is 6.22. The maximum absolute atomic E-state index is 12.6. The van der Waals surface area contributed by atoms with Crippen LogP contribution in [0.25, 0.3) is 16.8 Å². The minimum Gasteiger partial charge on any atom is -0.481 e. The molecule has 1 atom stereocenters. The van der Waals surface area contributed by atoms with Crippen LogP contribution in [0.4, 0.5) is 5.82 Å². The number of fused-ring (bicyclic) bond motifs is 1. The smallest absolute Gasteiger partial charge is 0.306 e. The van der Waals surface area contributed by atoms with E-state index in [9.17, 15) is 14.7 Å². The lowest BCUT2D eigenvalue weighted by molar-refractivity contribution is -0.142. The lowest BCUT2D eigenvalue weighted by atomic mass is 9.79. The van der Waals surface area contributed by atoms with Gasteiger partial charge in [0.2, 0.25) is 0 Å². The molecule has 5 rings (SSSR count). The number of anilines is 1. The summed E-state index contributed by atoms with van der Waals surface area (Å²) in [6, 6.07) is 2.17. The summed E-state index contributed by atoms with van der Waals surface area (Å²) in [5.74, 6) is -0.364. The van der Waals surface area contributed by atoms with Crippen molar-refractivity contribution >= 4 is 45.7 Å². The summed E-state index contributed by atoms with van der Waals surface area (Å²) in [5, 5.41) is 18.3. The Hall–Kier alpha value is -3.26. The summed E-state index contributed by atoms with van der Waals surface area (Å²) in [6.07, 6.45) is 11.7. The van der Waals surface area contributed by atoms with Crippen LogP contribution in [0.2, 0.25) is 0 Å². The van der Waals surface area contributed by atoms with Crippen molar-refractivity contribution in [2.75, 3.05) is 5.73 Å². The minimum absolute atomic E-state index is 0.00553. The fraction of sp³-hybridized carbons (Fsp3) is 0.429. The molecular weight excluding hydrogens is 472 g/mol. The number of hydrogen-bond acceptors (Lipinski definition) is 6. The standard InChI is InChI=1S/C28H32N4O3S/c1-16-3-4-18(5-10-21(13-16)22-11-12-36-15-22)23-14-30-32-26(29)24(17(2)33)25(31-27(23)32)19-6-8-20(9-7-19)28(34)35/h5,10-12,14-16,19-20H,3-4,6-9,13,29H2,1-2H3,(H,34,35). The number of ketones is 1. The van der Waals surface area contributed by atoms with E-state index >= 15 is 0 Å². The number of Topliss-reactive ketones (excluding diaryl/α,β-unsaturated/α-hetero) is 1. The van der Waals surface area contributed by atoms with Gasteiger partial charge >= 0.3 is 5.97 Å². The van der Waals surface area contributed by atoms with Crippen molar-refractivity contribution in [2.24, 2.45) is 11.8 Å². The third-order valence-corrected chi connectivity index (χ3v) is 8.41. The van der Waals surface area contributed by atoms with Crippen molar-refractivity contribution in [3.05, 3.63) is 57.6 Å². The van der Waals surface area contributed by atoms with E-state index in [0.717, 1.165) is 30.4 Å². The van der Waals surface area contributed by atoms with Crippen molar-refractivity contribution < 1.29 is 14.7 Å². The van der Waals surface area contributed by atoms with Crippen LogP contribution in [-0.4, -0.2) is 31.5 Å². The van der Waals surface area contributed by atoms with E-state index in [1.165, 1.54) is 18.1 Å². The van der Waals surface area contributed by atoms with Crippen molar-refractivity contribution in [2.45, 2.75) is 64.7 Å².